The fraction of sp³-hybridized carbons (Fsp3) is 0.412. The fourth-order valence-electron chi connectivity index (χ4n) is 3.04. The molecule has 4 N–H and O–H groups in total. The van der Waals surface area contributed by atoms with Crippen LogP contribution in [0.2, 0.25) is 0 Å². The van der Waals surface area contributed by atoms with Gasteiger partial charge in [0.1, 0.15) is 0 Å². The maximum atomic E-state index is 11.5. The molecule has 7 heteroatoms. The highest BCUT2D eigenvalue weighted by Crippen LogP contribution is 2.21. The molecule has 3 rings (SSSR count). The molecule has 0 spiro atoms. The Morgan fingerprint density at radius 3 is 2.88 bits per heavy atom. The Morgan fingerprint density at radius 1 is 1.29 bits per heavy atom. The number of para-hydroxylation sites is 1. The molecule has 1 aromatic carbocycles. The standard InChI is InChI=1S/C17H23N5O2/c18-16(23)5-8-22-12-13(14-3-1-2-4-15(14)22)11-19-6-9-21-10-7-20-17(21)24/h1-4,12,19H,5-11H2,(H2,18,23)(H,20,24). The van der Waals surface area contributed by atoms with E-state index in [1.807, 2.05) is 23.1 Å². The molecule has 7 nitrogen and oxygen atoms in total. The summed E-state index contributed by atoms with van der Waals surface area (Å²) in [6, 6.07) is 8.15. The zero-order valence-electron chi connectivity index (χ0n) is 13.6. The van der Waals surface area contributed by atoms with Crippen molar-refractivity contribution in [2.45, 2.75) is 19.5 Å². The highest BCUT2D eigenvalue weighted by atomic mass is 16.2. The Kier molecular flexibility index (Phi) is 5.00. The Hall–Kier alpha value is -2.54. The number of nitrogens with two attached hydrogens (primary N) is 1. The average molecular weight is 329 g/mol. The third kappa shape index (κ3) is 3.68. The molecular formula is C17H23N5O2. The van der Waals surface area contributed by atoms with Gasteiger partial charge in [0.25, 0.3) is 0 Å². The summed E-state index contributed by atoms with van der Waals surface area (Å²) in [6.45, 7) is 4.25. The van der Waals surface area contributed by atoms with Crippen molar-refractivity contribution in [3.05, 3.63) is 36.0 Å². The molecule has 2 aromatic rings. The van der Waals surface area contributed by atoms with E-state index in [1.165, 1.54) is 10.9 Å². The van der Waals surface area contributed by atoms with Crippen molar-refractivity contribution in [2.75, 3.05) is 26.2 Å². The first-order chi connectivity index (χ1) is 11.6. The van der Waals surface area contributed by atoms with Gasteiger partial charge in [-0.15, -0.1) is 0 Å². The van der Waals surface area contributed by atoms with Gasteiger partial charge in [0, 0.05) is 62.8 Å². The van der Waals surface area contributed by atoms with E-state index < -0.39 is 0 Å². The van der Waals surface area contributed by atoms with E-state index in [0.717, 1.165) is 31.7 Å². The first kappa shape index (κ1) is 16.3. The van der Waals surface area contributed by atoms with Crippen molar-refractivity contribution in [3.8, 4) is 0 Å². The summed E-state index contributed by atoms with van der Waals surface area (Å²) >= 11 is 0. The van der Waals surface area contributed by atoms with Crippen LogP contribution in [-0.4, -0.2) is 47.6 Å². The minimum Gasteiger partial charge on any atom is -0.370 e. The summed E-state index contributed by atoms with van der Waals surface area (Å²) in [4.78, 5) is 24.3. The van der Waals surface area contributed by atoms with Gasteiger partial charge < -0.3 is 25.8 Å². The van der Waals surface area contributed by atoms with Gasteiger partial charge in [0.15, 0.2) is 0 Å². The van der Waals surface area contributed by atoms with Gasteiger partial charge in [-0.3, -0.25) is 4.79 Å². The van der Waals surface area contributed by atoms with Crippen molar-refractivity contribution in [1.29, 1.82) is 0 Å². The molecule has 3 amide bonds. The lowest BCUT2D eigenvalue weighted by Crippen LogP contribution is -2.34. The predicted octanol–water partition coefficient (Wildman–Crippen LogP) is 0.632. The molecule has 1 saturated heterocycles. The Bertz CT molecular complexity index is 740. The van der Waals surface area contributed by atoms with Gasteiger partial charge in [0.2, 0.25) is 5.91 Å². The fourth-order valence-corrected chi connectivity index (χ4v) is 3.04. The summed E-state index contributed by atoms with van der Waals surface area (Å²) in [5.41, 5.74) is 7.55. The van der Waals surface area contributed by atoms with Gasteiger partial charge in [-0.2, -0.15) is 0 Å². The first-order valence-electron chi connectivity index (χ1n) is 8.23. The maximum absolute atomic E-state index is 11.5. The summed E-state index contributed by atoms with van der Waals surface area (Å²) in [7, 11) is 0. The number of carbonyl (C=O) groups excluding carboxylic acids is 2. The second-order valence-corrected chi connectivity index (χ2v) is 5.98. The molecule has 0 bridgehead atoms. The summed E-state index contributed by atoms with van der Waals surface area (Å²) in [6.07, 6.45) is 2.40. The molecule has 1 aliphatic heterocycles. The zero-order chi connectivity index (χ0) is 16.9. The molecule has 2 heterocycles. The molecule has 1 aromatic heterocycles. The summed E-state index contributed by atoms with van der Waals surface area (Å²) in [5, 5.41) is 7.36. The molecule has 24 heavy (non-hydrogen) atoms. The van der Waals surface area contributed by atoms with Crippen LogP contribution in [-0.2, 0) is 17.9 Å². The number of nitrogens with zero attached hydrogens (tertiary/aromatic N) is 2. The van der Waals surface area contributed by atoms with Gasteiger partial charge in [0.05, 0.1) is 0 Å². The number of hydrogen-bond acceptors (Lipinski definition) is 3. The maximum Gasteiger partial charge on any atom is 0.317 e. The van der Waals surface area contributed by atoms with Crippen LogP contribution in [0.3, 0.4) is 0 Å². The molecule has 0 saturated carbocycles. The number of primary amides is 1. The van der Waals surface area contributed by atoms with E-state index in [1.54, 1.807) is 0 Å². The quantitative estimate of drug-likeness (QED) is 0.620. The number of urea groups is 1. The van der Waals surface area contributed by atoms with Gasteiger partial charge in [-0.1, -0.05) is 18.2 Å². The lowest BCUT2D eigenvalue weighted by Gasteiger charge is -2.14. The van der Waals surface area contributed by atoms with Crippen LogP contribution >= 0.6 is 0 Å². The number of aryl methyl sites for hydroxylation is 1. The number of amides is 3. The number of aromatic nitrogens is 1. The average Bonchev–Trinajstić information content (AvgIpc) is 3.14. The molecule has 0 unspecified atom stereocenters. The molecule has 1 fully saturated rings. The SMILES string of the molecule is NC(=O)CCn1cc(CNCCN2CCNC2=O)c2ccccc21. The number of fused-ring (bicyclic) bond motifs is 1. The van der Waals surface area contributed by atoms with Crippen molar-refractivity contribution in [2.24, 2.45) is 5.73 Å². The molecule has 0 radical (unpaired) electrons. The van der Waals surface area contributed by atoms with Crippen molar-refractivity contribution < 1.29 is 9.59 Å². The minimum absolute atomic E-state index is 0.0138. The van der Waals surface area contributed by atoms with Crippen LogP contribution in [0, 0.1) is 0 Å². The molecule has 0 aliphatic carbocycles. The highest BCUT2D eigenvalue weighted by molar-refractivity contribution is 5.84. The molecule has 0 atom stereocenters. The van der Waals surface area contributed by atoms with E-state index in [-0.39, 0.29) is 11.9 Å². The molecule has 1 aliphatic rings. The Labute approximate surface area is 140 Å². The predicted molar refractivity (Wildman–Crippen MR) is 92.4 cm³/mol. The van der Waals surface area contributed by atoms with E-state index in [0.29, 0.717) is 19.5 Å². The van der Waals surface area contributed by atoms with Gasteiger partial charge in [-0.25, -0.2) is 4.79 Å². The third-order valence-corrected chi connectivity index (χ3v) is 4.29. The van der Waals surface area contributed by atoms with Crippen LogP contribution < -0.4 is 16.4 Å². The normalized spacial score (nSPS) is 14.3. The van der Waals surface area contributed by atoms with Crippen molar-refractivity contribution in [3.63, 3.8) is 0 Å². The number of rotatable bonds is 8. The van der Waals surface area contributed by atoms with E-state index in [4.69, 9.17) is 5.73 Å². The largest absolute Gasteiger partial charge is 0.370 e. The third-order valence-electron chi connectivity index (χ3n) is 4.29. The number of carbonyl (C=O) groups is 2. The van der Waals surface area contributed by atoms with Crippen LogP contribution in [0.4, 0.5) is 4.79 Å². The van der Waals surface area contributed by atoms with Crippen LogP contribution in [0.15, 0.2) is 30.5 Å². The molecule has 128 valence electrons. The smallest absolute Gasteiger partial charge is 0.317 e. The second kappa shape index (κ2) is 7.35. The lowest BCUT2D eigenvalue weighted by molar-refractivity contribution is -0.118. The number of hydrogen-bond donors (Lipinski definition) is 3. The minimum atomic E-state index is -0.295. The highest BCUT2D eigenvalue weighted by Gasteiger charge is 2.18. The first-order valence-corrected chi connectivity index (χ1v) is 8.23. The van der Waals surface area contributed by atoms with Crippen LogP contribution in [0.25, 0.3) is 10.9 Å². The van der Waals surface area contributed by atoms with Gasteiger partial charge in [-0.05, 0) is 11.6 Å². The number of benzene rings is 1. The topological polar surface area (TPSA) is 92.4 Å². The second-order valence-electron chi connectivity index (χ2n) is 5.98. The van der Waals surface area contributed by atoms with E-state index >= 15 is 0 Å². The van der Waals surface area contributed by atoms with Crippen LogP contribution in [0.5, 0.6) is 0 Å². The van der Waals surface area contributed by atoms with Gasteiger partial charge >= 0.3 is 6.03 Å². The van der Waals surface area contributed by atoms with E-state index in [9.17, 15) is 9.59 Å². The summed E-state index contributed by atoms with van der Waals surface area (Å²) < 4.78 is 2.07. The molecular weight excluding hydrogens is 306 g/mol. The Balaban J connectivity index is 1.61. The van der Waals surface area contributed by atoms with Crippen LogP contribution in [0.1, 0.15) is 12.0 Å². The monoisotopic (exact) mass is 329 g/mol. The summed E-state index contributed by atoms with van der Waals surface area (Å²) in [5.74, 6) is -0.295. The van der Waals surface area contributed by atoms with E-state index in [2.05, 4.69) is 27.5 Å². The Morgan fingerprint density at radius 2 is 2.12 bits per heavy atom. The van der Waals surface area contributed by atoms with Crippen molar-refractivity contribution >= 4 is 22.8 Å². The zero-order valence-corrected chi connectivity index (χ0v) is 13.6. The van der Waals surface area contributed by atoms with Crippen molar-refractivity contribution in [1.82, 2.24) is 20.1 Å². The number of nitrogens with one attached hydrogen (secondary N) is 2. The lowest BCUT2D eigenvalue weighted by atomic mass is 10.2.